The summed E-state index contributed by atoms with van der Waals surface area (Å²) in [5.41, 5.74) is 1.30. The molecule has 0 saturated carbocycles. The minimum absolute atomic E-state index is 0.0725. The van der Waals surface area contributed by atoms with Crippen LogP contribution in [-0.4, -0.2) is 61.4 Å². The van der Waals surface area contributed by atoms with Gasteiger partial charge in [-0.3, -0.25) is 14.3 Å². The van der Waals surface area contributed by atoms with E-state index in [0.717, 1.165) is 15.4 Å². The molecule has 0 spiro atoms. The Kier molecular flexibility index (Phi) is 8.53. The average Bonchev–Trinajstić information content (AvgIpc) is 3.51. The first kappa shape index (κ1) is 28.5. The molecule has 0 radical (unpaired) electrons. The van der Waals surface area contributed by atoms with Crippen LogP contribution in [0.1, 0.15) is 27.5 Å². The van der Waals surface area contributed by atoms with Gasteiger partial charge in [-0.05, 0) is 48.2 Å². The first-order valence-electron chi connectivity index (χ1n) is 11.5. The summed E-state index contributed by atoms with van der Waals surface area (Å²) in [6, 6.07) is 13.8. The van der Waals surface area contributed by atoms with Crippen molar-refractivity contribution in [3.05, 3.63) is 70.2 Å². The fourth-order valence-corrected chi connectivity index (χ4v) is 6.15. The van der Waals surface area contributed by atoms with Crippen molar-refractivity contribution in [2.24, 2.45) is 0 Å². The van der Waals surface area contributed by atoms with Gasteiger partial charge in [0, 0.05) is 28.8 Å². The molecule has 1 aliphatic heterocycles. The Morgan fingerprint density at radius 2 is 1.90 bits per heavy atom. The second kappa shape index (κ2) is 11.7. The molecule has 1 atom stereocenters. The summed E-state index contributed by atoms with van der Waals surface area (Å²) in [7, 11) is -3.74. The van der Waals surface area contributed by atoms with Crippen LogP contribution in [0.4, 0.5) is 14.5 Å². The maximum absolute atomic E-state index is 13.6. The van der Waals surface area contributed by atoms with Gasteiger partial charge in [0.15, 0.2) is 0 Å². The molecule has 1 fully saturated rings. The summed E-state index contributed by atoms with van der Waals surface area (Å²) >= 11 is 2.74. The Labute approximate surface area is 232 Å². The molecule has 14 heteroatoms. The van der Waals surface area contributed by atoms with Crippen LogP contribution in [0.5, 0.6) is 0 Å². The SMILES string of the molecule is CSc1ccc(S(=O)(=O)Nc2ccc(Cc3nc(C(=O)NCC(=O)N4CC(F)(F)C[C@H]4C#N)cs3)cc2)cc1. The molecule has 1 aromatic heterocycles. The van der Waals surface area contributed by atoms with E-state index in [-0.39, 0.29) is 10.6 Å². The lowest BCUT2D eigenvalue weighted by Crippen LogP contribution is -2.43. The number of anilines is 1. The standard InChI is InChI=1S/C25H23F2N5O4S3/c1-37-19-6-8-20(9-7-19)39(35,36)31-17-4-2-16(3-5-17)10-22-30-21(14-38-22)24(34)29-13-23(33)32-15-25(26,27)11-18(32)12-28/h2-9,14,18,31H,10-11,13,15H2,1H3,(H,29,34)/t18-/m0/s1. The smallest absolute Gasteiger partial charge is 0.271 e. The zero-order valence-corrected chi connectivity index (χ0v) is 23.0. The van der Waals surface area contributed by atoms with Crippen molar-refractivity contribution in [2.45, 2.75) is 34.6 Å². The fraction of sp³-hybridized carbons (Fsp3) is 0.280. The molecular weight excluding hydrogens is 569 g/mol. The van der Waals surface area contributed by atoms with Crippen LogP contribution in [-0.2, 0) is 21.2 Å². The minimum atomic E-state index is -3.74. The third kappa shape index (κ3) is 7.11. The van der Waals surface area contributed by atoms with Crippen LogP contribution in [0, 0.1) is 11.3 Å². The normalized spacial score (nSPS) is 16.5. The Bertz CT molecular complexity index is 1500. The molecule has 9 nitrogen and oxygen atoms in total. The largest absolute Gasteiger partial charge is 0.342 e. The van der Waals surface area contributed by atoms with Gasteiger partial charge in [0.1, 0.15) is 11.7 Å². The summed E-state index contributed by atoms with van der Waals surface area (Å²) in [6.07, 6.45) is 1.56. The number of nitrogens with one attached hydrogen (secondary N) is 2. The van der Waals surface area contributed by atoms with Crippen LogP contribution in [0.2, 0.25) is 0 Å². The number of carbonyl (C=O) groups excluding carboxylic acids is 2. The second-order valence-electron chi connectivity index (χ2n) is 8.69. The maximum Gasteiger partial charge on any atom is 0.271 e. The molecule has 0 unspecified atom stereocenters. The van der Waals surface area contributed by atoms with Crippen LogP contribution in [0.25, 0.3) is 0 Å². The zero-order valence-electron chi connectivity index (χ0n) is 20.6. The number of sulfonamides is 1. The molecule has 2 heterocycles. The third-order valence-corrected chi connectivity index (χ3v) is 8.84. The van der Waals surface area contributed by atoms with E-state index in [1.54, 1.807) is 54.6 Å². The Hall–Kier alpha value is -3.54. The molecule has 39 heavy (non-hydrogen) atoms. The van der Waals surface area contributed by atoms with Crippen LogP contribution in [0.3, 0.4) is 0 Å². The number of amides is 2. The van der Waals surface area contributed by atoms with Crippen LogP contribution < -0.4 is 10.0 Å². The van der Waals surface area contributed by atoms with Crippen molar-refractivity contribution in [1.29, 1.82) is 5.26 Å². The van der Waals surface area contributed by atoms with E-state index in [4.69, 9.17) is 5.26 Å². The molecule has 2 N–H and O–H groups in total. The van der Waals surface area contributed by atoms with Crippen molar-refractivity contribution in [3.63, 3.8) is 0 Å². The molecule has 2 amide bonds. The second-order valence-corrected chi connectivity index (χ2v) is 12.2. The van der Waals surface area contributed by atoms with Gasteiger partial charge in [-0.2, -0.15) is 5.26 Å². The molecule has 0 aliphatic carbocycles. The minimum Gasteiger partial charge on any atom is -0.342 e. The van der Waals surface area contributed by atoms with E-state index < -0.39 is 53.3 Å². The van der Waals surface area contributed by atoms with Gasteiger partial charge in [0.05, 0.1) is 29.1 Å². The van der Waals surface area contributed by atoms with Gasteiger partial charge >= 0.3 is 0 Å². The van der Waals surface area contributed by atoms with Gasteiger partial charge in [-0.15, -0.1) is 23.1 Å². The number of hydrogen-bond donors (Lipinski definition) is 2. The Morgan fingerprint density at radius 3 is 2.54 bits per heavy atom. The highest BCUT2D eigenvalue weighted by molar-refractivity contribution is 7.98. The van der Waals surface area contributed by atoms with Crippen molar-refractivity contribution in [1.82, 2.24) is 15.2 Å². The van der Waals surface area contributed by atoms with Gasteiger partial charge in [0.25, 0.3) is 21.9 Å². The van der Waals surface area contributed by atoms with Gasteiger partial charge < -0.3 is 10.2 Å². The lowest BCUT2D eigenvalue weighted by atomic mass is 10.1. The van der Waals surface area contributed by atoms with E-state index in [2.05, 4.69) is 15.0 Å². The van der Waals surface area contributed by atoms with E-state index >= 15 is 0 Å². The number of thioether (sulfide) groups is 1. The van der Waals surface area contributed by atoms with E-state index in [9.17, 15) is 26.8 Å². The summed E-state index contributed by atoms with van der Waals surface area (Å²) in [6.45, 7) is -1.38. The fourth-order valence-electron chi connectivity index (χ4n) is 3.87. The number of likely N-dealkylation sites (tertiary alicyclic amines) is 1. The molecule has 4 rings (SSSR count). The molecule has 204 valence electrons. The summed E-state index contributed by atoms with van der Waals surface area (Å²) in [5, 5.41) is 13.5. The average molecular weight is 592 g/mol. The van der Waals surface area contributed by atoms with Crippen molar-refractivity contribution >= 4 is 50.6 Å². The number of rotatable bonds is 9. The lowest BCUT2D eigenvalue weighted by Gasteiger charge is -2.19. The van der Waals surface area contributed by atoms with Gasteiger partial charge in [-0.25, -0.2) is 22.2 Å². The number of hydrogen-bond acceptors (Lipinski definition) is 8. The van der Waals surface area contributed by atoms with E-state index in [1.807, 2.05) is 6.26 Å². The summed E-state index contributed by atoms with van der Waals surface area (Å²) < 4.78 is 54.9. The van der Waals surface area contributed by atoms with E-state index in [0.29, 0.717) is 17.1 Å². The number of nitrogens with zero attached hydrogens (tertiary/aromatic N) is 3. The Morgan fingerprint density at radius 1 is 1.21 bits per heavy atom. The zero-order chi connectivity index (χ0) is 28.2. The molecular formula is C25H23F2N5O4S3. The first-order valence-corrected chi connectivity index (χ1v) is 15.1. The number of benzene rings is 2. The highest BCUT2D eigenvalue weighted by Crippen LogP contribution is 2.31. The predicted molar refractivity (Wildman–Crippen MR) is 143 cm³/mol. The number of alkyl halides is 2. The maximum atomic E-state index is 13.6. The quantitative estimate of drug-likeness (QED) is 0.362. The van der Waals surface area contributed by atoms with Gasteiger partial charge in [-0.1, -0.05) is 12.1 Å². The van der Waals surface area contributed by atoms with Gasteiger partial charge in [0.2, 0.25) is 5.91 Å². The third-order valence-electron chi connectivity index (χ3n) is 5.86. The number of thiazole rings is 1. The van der Waals surface area contributed by atoms with Crippen molar-refractivity contribution in [2.75, 3.05) is 24.1 Å². The number of aromatic nitrogens is 1. The summed E-state index contributed by atoms with van der Waals surface area (Å²) in [4.78, 5) is 30.8. The highest BCUT2D eigenvalue weighted by Gasteiger charge is 2.47. The topological polar surface area (TPSA) is 132 Å². The van der Waals surface area contributed by atoms with Crippen LogP contribution in [0.15, 0.2) is 63.7 Å². The first-order chi connectivity index (χ1) is 18.5. The summed E-state index contributed by atoms with van der Waals surface area (Å²) in [5.74, 6) is -4.54. The molecule has 1 aliphatic rings. The van der Waals surface area contributed by atoms with Crippen molar-refractivity contribution in [3.8, 4) is 6.07 Å². The lowest BCUT2D eigenvalue weighted by molar-refractivity contribution is -0.131. The highest BCUT2D eigenvalue weighted by atomic mass is 32.2. The number of halogens is 2. The van der Waals surface area contributed by atoms with Crippen molar-refractivity contribution < 1.29 is 26.8 Å². The molecule has 1 saturated heterocycles. The monoisotopic (exact) mass is 591 g/mol. The Balaban J connectivity index is 1.31. The number of carbonyl (C=O) groups is 2. The number of nitriles is 1. The molecule has 0 bridgehead atoms. The van der Waals surface area contributed by atoms with E-state index in [1.165, 1.54) is 28.5 Å². The molecule has 2 aromatic carbocycles. The van der Waals surface area contributed by atoms with Crippen LogP contribution >= 0.6 is 23.1 Å². The predicted octanol–water partition coefficient (Wildman–Crippen LogP) is 3.75. The molecule has 3 aromatic rings.